The minimum absolute atomic E-state index is 0. The smallest absolute Gasteiger partial charge is 0.136 e. The fraction of sp³-hybridized carbons (Fsp3) is 0.129. The van der Waals surface area contributed by atoms with Crippen LogP contribution in [0.5, 0.6) is 0 Å². The maximum absolute atomic E-state index is 9.39. The molecule has 5 nitrogen and oxygen atoms in total. The number of para-hydroxylation sites is 4. The number of aromatic nitrogens is 4. The molecular formula is C62H49N4OPt-3. The van der Waals surface area contributed by atoms with Gasteiger partial charge in [-0.25, -0.2) is 4.98 Å². The number of rotatable bonds is 1. The standard InChI is InChI=1S/C62H49N4O.Pt/c1-61(2,3)43-33-45-37-47(34-43)67-46-30-31-52-51-24-12-13-27-55(51)66(58(52)38-46)59-36-44(62(4,5)6)35-54(63-59)42-21-16-20-41(32-42)48-22-10-11-23-50(48)53-26-17-25-49(40-18-8-7-9-19-40)60(53)65-39-64(45)56-28-14-15-29-57(56)65;/h7-36,39H,1-6H3;/q-3;/i12D,13D,24D,27D;. The van der Waals surface area contributed by atoms with Crippen LogP contribution in [0, 0.1) is 12.1 Å². The van der Waals surface area contributed by atoms with E-state index in [4.69, 9.17) is 12.1 Å². The first kappa shape index (κ1) is 38.7. The quantitative estimate of drug-likeness (QED) is 0.154. The van der Waals surface area contributed by atoms with Gasteiger partial charge in [-0.2, -0.15) is 23.8 Å². The molecule has 0 N–H and O–H groups in total. The van der Waals surface area contributed by atoms with Gasteiger partial charge in [-0.3, -0.25) is 0 Å². The fourth-order valence-corrected chi connectivity index (χ4v) is 9.56. The molecule has 0 fully saturated rings. The molecule has 0 radical (unpaired) electrons. The minimum atomic E-state index is -0.328. The Morgan fingerprint density at radius 1 is 0.559 bits per heavy atom. The van der Waals surface area contributed by atoms with Gasteiger partial charge in [0.1, 0.15) is 5.65 Å². The molecule has 0 aliphatic carbocycles. The largest absolute Gasteiger partial charge is 0.510 e. The van der Waals surface area contributed by atoms with Crippen LogP contribution < -0.4 is 0 Å². The number of fused-ring (bicyclic) bond motifs is 23. The van der Waals surface area contributed by atoms with Crippen molar-refractivity contribution in [2.24, 2.45) is 0 Å². The zero-order chi connectivity index (χ0) is 49.1. The van der Waals surface area contributed by atoms with Crippen LogP contribution in [-0.4, -0.2) is 18.5 Å². The Morgan fingerprint density at radius 2 is 1.24 bits per heavy atom. The summed E-state index contributed by atoms with van der Waals surface area (Å²) in [5.41, 5.74) is 10.4. The molecule has 4 heterocycles. The summed E-state index contributed by atoms with van der Waals surface area (Å²) in [5.74, 6) is 0. The van der Waals surface area contributed by atoms with E-state index in [1.54, 1.807) is 0 Å². The van der Waals surface area contributed by atoms with Crippen molar-refractivity contribution in [3.63, 3.8) is 0 Å². The van der Waals surface area contributed by atoms with Gasteiger partial charge >= 0.3 is 0 Å². The van der Waals surface area contributed by atoms with E-state index in [9.17, 15) is 2.74 Å². The zero-order valence-corrected chi connectivity index (χ0v) is 40.9. The Kier molecular flexibility index (Phi) is 9.38. The van der Waals surface area contributed by atoms with Gasteiger partial charge < -0.3 is 18.0 Å². The monoisotopic (exact) mass is 1060 g/mol. The number of hydrogen-bond acceptors (Lipinski definition) is 2. The Morgan fingerprint density at radius 3 is 2.03 bits per heavy atom. The van der Waals surface area contributed by atoms with Gasteiger partial charge in [-0.15, -0.1) is 29.1 Å². The Hall–Kier alpha value is -7.33. The molecule has 0 amide bonds. The first-order valence-electron chi connectivity index (χ1n) is 24.8. The van der Waals surface area contributed by atoms with Gasteiger partial charge in [0.25, 0.3) is 0 Å². The molecule has 0 atom stereocenters. The predicted octanol–water partition coefficient (Wildman–Crippen LogP) is 16.4. The molecule has 6 heteroatoms. The molecule has 0 spiro atoms. The molecule has 0 unspecified atom stereocenters. The van der Waals surface area contributed by atoms with Crippen LogP contribution in [0.4, 0.5) is 0 Å². The molecule has 0 saturated carbocycles. The summed E-state index contributed by atoms with van der Waals surface area (Å²) < 4.78 is 49.5. The number of benzene rings is 8. The van der Waals surface area contributed by atoms with Crippen molar-refractivity contribution in [2.45, 2.75) is 52.4 Å². The second kappa shape index (κ2) is 16.5. The summed E-state index contributed by atoms with van der Waals surface area (Å²) in [4.78, 5) is 5.42. The van der Waals surface area contributed by atoms with Crippen molar-refractivity contribution in [1.29, 1.82) is 0 Å². The van der Waals surface area contributed by atoms with Crippen molar-refractivity contribution < 1.29 is 31.0 Å². The molecule has 3 aromatic heterocycles. The number of hydrogen-bond donors (Lipinski definition) is 0. The average molecular weight is 1070 g/mol. The summed E-state index contributed by atoms with van der Waals surface area (Å²) >= 11 is 0. The summed E-state index contributed by atoms with van der Waals surface area (Å²) in [5, 5.41) is 6.07. The third-order valence-electron chi connectivity index (χ3n) is 13.0. The molecule has 1 aliphatic heterocycles. The van der Waals surface area contributed by atoms with E-state index >= 15 is 0 Å². The van der Waals surface area contributed by atoms with E-state index in [0.717, 1.165) is 77.1 Å². The van der Waals surface area contributed by atoms with Crippen LogP contribution in [0.15, 0.2) is 193 Å². The van der Waals surface area contributed by atoms with Crippen molar-refractivity contribution in [3.05, 3.63) is 211 Å². The molecule has 1 aliphatic rings. The second-order valence-corrected chi connectivity index (χ2v) is 19.5. The van der Waals surface area contributed by atoms with Crippen LogP contribution in [0.25, 0.3) is 105 Å². The van der Waals surface area contributed by atoms with Crippen LogP contribution in [0.2, 0.25) is 0 Å². The SMILES string of the molecule is [2H]c1c([2H])c([2H])c2c(c1[2H])c1ccc3[c-]c1n2c1cc(C(C)(C)C)cc(n1)c1cccc(c1)c1ccccc1c1cccc(-c2ccccc2)c1n1[cH-]n(c2[c-]c(cc(C(C)(C)C)c2)o3)-c2ccccc2-1.[Pt]. The first-order chi connectivity index (χ1) is 34.1. The zero-order valence-electron chi connectivity index (χ0n) is 42.6. The first-order valence-corrected chi connectivity index (χ1v) is 22.8. The van der Waals surface area contributed by atoms with Gasteiger partial charge in [0.05, 0.1) is 11.0 Å². The van der Waals surface area contributed by atoms with E-state index in [2.05, 4.69) is 203 Å². The Balaban J connectivity index is 0.00000560. The van der Waals surface area contributed by atoms with Crippen LogP contribution in [0.3, 0.4) is 0 Å². The summed E-state index contributed by atoms with van der Waals surface area (Å²) in [6.45, 7) is 13.1. The van der Waals surface area contributed by atoms with Crippen molar-refractivity contribution in [1.82, 2.24) is 18.5 Å². The minimum Gasteiger partial charge on any atom is -0.510 e. The molecule has 336 valence electrons. The van der Waals surface area contributed by atoms with Gasteiger partial charge in [-0.1, -0.05) is 180 Å². The number of imidazole rings is 1. The van der Waals surface area contributed by atoms with E-state index < -0.39 is 0 Å². The van der Waals surface area contributed by atoms with Crippen LogP contribution in [0.1, 0.15) is 58.2 Å². The summed E-state index contributed by atoms with van der Waals surface area (Å²) in [6, 6.07) is 61.1. The Bertz CT molecular complexity index is 4310. The normalized spacial score (nSPS) is 13.0. The molecule has 68 heavy (non-hydrogen) atoms. The van der Waals surface area contributed by atoms with Gasteiger partial charge in [-0.05, 0) is 95.6 Å². The van der Waals surface area contributed by atoms with Gasteiger partial charge in [0.15, 0.2) is 0 Å². The summed E-state index contributed by atoms with van der Waals surface area (Å²) in [7, 11) is 0. The molecule has 11 aromatic rings. The summed E-state index contributed by atoms with van der Waals surface area (Å²) in [6.07, 6.45) is 2.17. The van der Waals surface area contributed by atoms with Crippen molar-refractivity contribution in [3.8, 4) is 22.5 Å². The third kappa shape index (κ3) is 7.37. The molecule has 8 aromatic carbocycles. The second-order valence-electron chi connectivity index (χ2n) is 19.5. The molecule has 0 saturated heterocycles. The predicted molar refractivity (Wildman–Crippen MR) is 280 cm³/mol. The van der Waals surface area contributed by atoms with Gasteiger partial charge in [0, 0.05) is 49.5 Å². The molecule has 10 bridgehead atoms. The maximum atomic E-state index is 9.39. The van der Waals surface area contributed by atoms with E-state index in [0.29, 0.717) is 38.6 Å². The van der Waals surface area contributed by atoms with E-state index in [1.165, 1.54) is 0 Å². The van der Waals surface area contributed by atoms with E-state index in [-0.39, 0.29) is 56.1 Å². The maximum Gasteiger partial charge on any atom is 0.136 e. The molecule has 12 rings (SSSR count). The van der Waals surface area contributed by atoms with E-state index in [1.807, 2.05) is 28.7 Å². The topological polar surface area (TPSA) is 40.3 Å². The van der Waals surface area contributed by atoms with Crippen LogP contribution in [-0.2, 0) is 31.9 Å². The van der Waals surface area contributed by atoms with Crippen molar-refractivity contribution in [2.75, 3.05) is 0 Å². The fourth-order valence-electron chi connectivity index (χ4n) is 9.56. The number of nitrogens with zero attached hydrogens (tertiary/aromatic N) is 4. The van der Waals surface area contributed by atoms with Crippen molar-refractivity contribution >= 4 is 82.1 Å². The Labute approximate surface area is 415 Å². The van der Waals surface area contributed by atoms with Crippen LogP contribution >= 0.6 is 0 Å². The van der Waals surface area contributed by atoms with Gasteiger partial charge in [0.2, 0.25) is 0 Å². The number of pyridine rings is 1. The third-order valence-corrected chi connectivity index (χ3v) is 13.0. The average Bonchev–Trinajstić information content (AvgIpc) is 3.93. The molecular weight excluding hydrogens is 1010 g/mol.